The van der Waals surface area contributed by atoms with Gasteiger partial charge in [-0.25, -0.2) is 4.98 Å². The number of para-hydroxylation sites is 1. The van der Waals surface area contributed by atoms with Crippen molar-refractivity contribution < 1.29 is 4.42 Å². The average Bonchev–Trinajstić information content (AvgIpc) is 3.41. The molecule has 0 radical (unpaired) electrons. The van der Waals surface area contributed by atoms with Crippen LogP contribution in [0.15, 0.2) is 83.3 Å². The average molecular weight is 393 g/mol. The molecule has 3 aromatic heterocycles. The van der Waals surface area contributed by atoms with Crippen LogP contribution in [0.3, 0.4) is 0 Å². The highest BCUT2D eigenvalue weighted by molar-refractivity contribution is 6.34. The summed E-state index contributed by atoms with van der Waals surface area (Å²) in [4.78, 5) is 4.84. The van der Waals surface area contributed by atoms with E-state index < -0.39 is 0 Å². The number of aromatic nitrogens is 2. The third kappa shape index (κ3) is 1.90. The number of halogens is 1. The van der Waals surface area contributed by atoms with E-state index in [-0.39, 0.29) is 0 Å². The van der Waals surface area contributed by atoms with E-state index in [1.165, 1.54) is 16.3 Å². The van der Waals surface area contributed by atoms with E-state index in [2.05, 4.69) is 40.8 Å². The summed E-state index contributed by atoms with van der Waals surface area (Å²) in [7, 11) is 0. The van der Waals surface area contributed by atoms with Crippen molar-refractivity contribution in [3.63, 3.8) is 0 Å². The second kappa shape index (κ2) is 5.28. The highest BCUT2D eigenvalue weighted by Crippen LogP contribution is 2.44. The Balaban J connectivity index is 1.77. The van der Waals surface area contributed by atoms with E-state index in [0.717, 1.165) is 38.5 Å². The second-order valence-electron chi connectivity index (χ2n) is 7.40. The largest absolute Gasteiger partial charge is 0.435 e. The summed E-state index contributed by atoms with van der Waals surface area (Å²) in [6, 6.07) is 26.7. The highest BCUT2D eigenvalue weighted by atomic mass is 35.5. The summed E-state index contributed by atoms with van der Waals surface area (Å²) in [6.07, 6.45) is 0. The first-order valence-electron chi connectivity index (χ1n) is 9.52. The summed E-state index contributed by atoms with van der Waals surface area (Å²) in [5, 5.41) is 5.27. The number of hydrogen-bond acceptors (Lipinski definition) is 2. The molecule has 0 aliphatic rings. The second-order valence-corrected chi connectivity index (χ2v) is 7.83. The summed E-state index contributed by atoms with van der Waals surface area (Å²) in [5.41, 5.74) is 6.11. The Morgan fingerprint density at radius 2 is 1.55 bits per heavy atom. The number of oxazole rings is 1. The molecular formula is C25H13ClN2O. The van der Waals surface area contributed by atoms with E-state index in [1.807, 2.05) is 42.5 Å². The Morgan fingerprint density at radius 3 is 2.45 bits per heavy atom. The molecule has 0 atom stereocenters. The zero-order valence-corrected chi connectivity index (χ0v) is 15.9. The topological polar surface area (TPSA) is 30.4 Å². The molecule has 0 bridgehead atoms. The van der Waals surface area contributed by atoms with Crippen LogP contribution in [0, 0.1) is 0 Å². The molecule has 0 aliphatic heterocycles. The molecule has 0 spiro atoms. The zero-order chi connectivity index (χ0) is 19.1. The first kappa shape index (κ1) is 15.4. The van der Waals surface area contributed by atoms with Crippen LogP contribution in [0.5, 0.6) is 0 Å². The van der Waals surface area contributed by atoms with Crippen LogP contribution in [0.25, 0.3) is 60.6 Å². The SMILES string of the molecule is Clc1ccc2c(c1)c1c3oc(-c4ccccc4)nc3cc3c4ccccc4n2c31. The molecule has 0 unspecified atom stereocenters. The lowest BCUT2D eigenvalue weighted by molar-refractivity contribution is 0.623. The Kier molecular flexibility index (Phi) is 2.80. The lowest BCUT2D eigenvalue weighted by atomic mass is 10.1. The van der Waals surface area contributed by atoms with Gasteiger partial charge in [-0.05, 0) is 42.5 Å². The summed E-state index contributed by atoms with van der Waals surface area (Å²) < 4.78 is 8.66. The van der Waals surface area contributed by atoms with E-state index in [4.69, 9.17) is 21.0 Å². The Bertz CT molecular complexity index is 1710. The van der Waals surface area contributed by atoms with Crippen LogP contribution >= 0.6 is 11.6 Å². The van der Waals surface area contributed by atoms with Crippen LogP contribution in [0.2, 0.25) is 5.02 Å². The van der Waals surface area contributed by atoms with Crippen LogP contribution < -0.4 is 0 Å². The number of hydrogen-bond donors (Lipinski definition) is 0. The molecule has 29 heavy (non-hydrogen) atoms. The molecular weight excluding hydrogens is 380 g/mol. The van der Waals surface area contributed by atoms with Crippen LogP contribution in [0.4, 0.5) is 0 Å². The smallest absolute Gasteiger partial charge is 0.227 e. The summed E-state index contributed by atoms with van der Waals surface area (Å²) >= 11 is 6.38. The van der Waals surface area contributed by atoms with Gasteiger partial charge in [0.25, 0.3) is 0 Å². The van der Waals surface area contributed by atoms with Crippen molar-refractivity contribution in [3.8, 4) is 11.5 Å². The van der Waals surface area contributed by atoms with Crippen molar-refractivity contribution in [2.75, 3.05) is 0 Å². The Labute approximate surface area is 170 Å². The van der Waals surface area contributed by atoms with Gasteiger partial charge in [-0.15, -0.1) is 0 Å². The Morgan fingerprint density at radius 1 is 0.759 bits per heavy atom. The predicted octanol–water partition coefficient (Wildman–Crippen LogP) is 7.30. The third-order valence-electron chi connectivity index (χ3n) is 5.80. The van der Waals surface area contributed by atoms with Crippen LogP contribution in [0.1, 0.15) is 0 Å². The minimum absolute atomic E-state index is 0.635. The number of rotatable bonds is 1. The van der Waals surface area contributed by atoms with Crippen LogP contribution in [-0.2, 0) is 0 Å². The van der Waals surface area contributed by atoms with Gasteiger partial charge in [-0.1, -0.05) is 48.0 Å². The maximum Gasteiger partial charge on any atom is 0.227 e. The molecule has 0 aliphatic carbocycles. The summed E-state index contributed by atoms with van der Waals surface area (Å²) in [6.45, 7) is 0. The van der Waals surface area contributed by atoms with Crippen molar-refractivity contribution in [2.45, 2.75) is 0 Å². The van der Waals surface area contributed by atoms with Crippen molar-refractivity contribution in [1.82, 2.24) is 9.38 Å². The number of fused-ring (bicyclic) bond motifs is 8. The molecule has 0 N–H and O–H groups in total. The monoisotopic (exact) mass is 392 g/mol. The van der Waals surface area contributed by atoms with Gasteiger partial charge in [0.1, 0.15) is 5.52 Å². The molecule has 0 saturated carbocycles. The fourth-order valence-electron chi connectivity index (χ4n) is 4.62. The molecule has 3 nitrogen and oxygen atoms in total. The van der Waals surface area contributed by atoms with Crippen LogP contribution in [-0.4, -0.2) is 9.38 Å². The van der Waals surface area contributed by atoms with Gasteiger partial charge in [0, 0.05) is 26.7 Å². The maximum atomic E-state index is 6.38. The molecule has 136 valence electrons. The molecule has 7 aromatic rings. The fraction of sp³-hybridized carbons (Fsp3) is 0. The van der Waals surface area contributed by atoms with Gasteiger partial charge in [-0.3, -0.25) is 0 Å². The summed E-state index contributed by atoms with van der Waals surface area (Å²) in [5.74, 6) is 0.635. The normalized spacial score (nSPS) is 12.3. The third-order valence-corrected chi connectivity index (χ3v) is 6.04. The van der Waals surface area contributed by atoms with Crippen molar-refractivity contribution in [1.29, 1.82) is 0 Å². The first-order valence-corrected chi connectivity index (χ1v) is 9.90. The van der Waals surface area contributed by atoms with Gasteiger partial charge in [0.15, 0.2) is 5.58 Å². The van der Waals surface area contributed by atoms with Crippen molar-refractivity contribution in [2.24, 2.45) is 0 Å². The standard InChI is InChI=1S/C25H13ClN2O/c26-15-10-11-21-18(12-15)22-23-17(16-8-4-5-9-20(16)28(21)23)13-19-24(22)29-25(27-19)14-6-2-1-3-7-14/h1-13H. The molecule has 0 saturated heterocycles. The molecule has 0 fully saturated rings. The van der Waals surface area contributed by atoms with E-state index in [0.29, 0.717) is 10.9 Å². The maximum absolute atomic E-state index is 6.38. The van der Waals surface area contributed by atoms with Gasteiger partial charge in [-0.2, -0.15) is 0 Å². The van der Waals surface area contributed by atoms with Gasteiger partial charge in [0.2, 0.25) is 5.89 Å². The number of nitrogens with zero attached hydrogens (tertiary/aromatic N) is 2. The number of benzene rings is 4. The van der Waals surface area contributed by atoms with E-state index >= 15 is 0 Å². The molecule has 4 aromatic carbocycles. The highest BCUT2D eigenvalue weighted by Gasteiger charge is 2.22. The van der Waals surface area contributed by atoms with E-state index in [9.17, 15) is 0 Å². The van der Waals surface area contributed by atoms with Crippen molar-refractivity contribution >= 4 is 60.8 Å². The Hall–Kier alpha value is -3.56. The quantitative estimate of drug-likeness (QED) is 0.293. The zero-order valence-electron chi connectivity index (χ0n) is 15.2. The van der Waals surface area contributed by atoms with Gasteiger partial charge in [0.05, 0.1) is 21.9 Å². The lowest BCUT2D eigenvalue weighted by Gasteiger charge is -1.98. The molecule has 4 heteroatoms. The van der Waals surface area contributed by atoms with Gasteiger partial charge >= 0.3 is 0 Å². The fourth-order valence-corrected chi connectivity index (χ4v) is 4.79. The lowest BCUT2D eigenvalue weighted by Crippen LogP contribution is -1.79. The minimum atomic E-state index is 0.635. The van der Waals surface area contributed by atoms with E-state index in [1.54, 1.807) is 0 Å². The predicted molar refractivity (Wildman–Crippen MR) is 119 cm³/mol. The van der Waals surface area contributed by atoms with Crippen molar-refractivity contribution in [3.05, 3.63) is 83.9 Å². The van der Waals surface area contributed by atoms with Gasteiger partial charge < -0.3 is 8.82 Å². The first-order chi connectivity index (χ1) is 14.3. The molecule has 3 heterocycles. The molecule has 0 amide bonds. The molecule has 7 rings (SSSR count). The minimum Gasteiger partial charge on any atom is -0.435 e.